The number of hydrogen-bond donors (Lipinski definition) is 4. The number of carboxylic acids is 1. The van der Waals surface area contributed by atoms with Crippen LogP contribution in [0.25, 0.3) is 5.65 Å². The SMILES string of the molecule is C[C@@H]1C[C@H](N2C(=N)N[C@](C)(c3cccc(NC(=O)c4cccn5nnnc45)c3Cl)CC2=O)CCO1.O=C(O)C(F)(F)F. The number of halogens is 4. The second kappa shape index (κ2) is 11.9. The first-order valence-corrected chi connectivity index (χ1v) is 13.0. The summed E-state index contributed by atoms with van der Waals surface area (Å²) in [5.74, 6) is -3.28. The van der Waals surface area contributed by atoms with Crippen LogP contribution in [0.4, 0.5) is 18.9 Å². The molecule has 13 nitrogen and oxygen atoms in total. The fraction of sp³-hybridized carbons (Fsp3) is 0.400. The van der Waals surface area contributed by atoms with Crippen LogP contribution < -0.4 is 10.6 Å². The molecule has 3 aromatic rings. The quantitative estimate of drug-likeness (QED) is 0.346. The molecule has 0 unspecified atom stereocenters. The van der Waals surface area contributed by atoms with E-state index in [1.807, 2.05) is 13.8 Å². The van der Waals surface area contributed by atoms with Crippen molar-refractivity contribution in [3.05, 3.63) is 52.7 Å². The van der Waals surface area contributed by atoms with Gasteiger partial charge in [0.1, 0.15) is 0 Å². The number of aromatic nitrogens is 4. The highest BCUT2D eigenvalue weighted by Crippen LogP contribution is 2.38. The molecule has 17 heteroatoms. The third-order valence-corrected chi connectivity index (χ3v) is 7.19. The zero-order chi connectivity index (χ0) is 30.8. The second-order valence-corrected chi connectivity index (χ2v) is 10.3. The van der Waals surface area contributed by atoms with E-state index in [4.69, 9.17) is 31.6 Å². The number of tetrazole rings is 1. The molecule has 0 radical (unpaired) electrons. The molecule has 0 saturated carbocycles. The Bertz CT molecular complexity index is 1510. The van der Waals surface area contributed by atoms with Gasteiger partial charge in [0.2, 0.25) is 5.91 Å². The van der Waals surface area contributed by atoms with Gasteiger partial charge in [0.15, 0.2) is 11.6 Å². The first-order chi connectivity index (χ1) is 19.7. The molecule has 1 aromatic carbocycles. The van der Waals surface area contributed by atoms with E-state index in [9.17, 15) is 22.8 Å². The Balaban J connectivity index is 0.000000517. The molecular weight excluding hydrogens is 585 g/mol. The van der Waals surface area contributed by atoms with E-state index >= 15 is 0 Å². The maximum atomic E-state index is 13.2. The molecule has 2 amide bonds. The zero-order valence-electron chi connectivity index (χ0n) is 22.3. The number of ether oxygens (including phenoxy) is 1. The lowest BCUT2D eigenvalue weighted by atomic mass is 9.85. The molecule has 0 spiro atoms. The van der Waals surface area contributed by atoms with E-state index < -0.39 is 23.6 Å². The molecule has 5 rings (SSSR count). The normalized spacial score (nSPS) is 22.7. The van der Waals surface area contributed by atoms with Crippen molar-refractivity contribution in [3.63, 3.8) is 0 Å². The number of pyridine rings is 1. The maximum absolute atomic E-state index is 13.2. The lowest BCUT2D eigenvalue weighted by Gasteiger charge is -2.45. The lowest BCUT2D eigenvalue weighted by Crippen LogP contribution is -2.63. The van der Waals surface area contributed by atoms with Crippen LogP contribution in [-0.2, 0) is 19.9 Å². The third kappa shape index (κ3) is 6.44. The molecule has 0 aliphatic carbocycles. The molecule has 2 aliphatic rings. The summed E-state index contributed by atoms with van der Waals surface area (Å²) in [7, 11) is 0. The van der Waals surface area contributed by atoms with Gasteiger partial charge in [-0.25, -0.2) is 4.79 Å². The highest BCUT2D eigenvalue weighted by Gasteiger charge is 2.44. The van der Waals surface area contributed by atoms with Gasteiger partial charge in [-0.2, -0.15) is 17.7 Å². The van der Waals surface area contributed by atoms with Crippen molar-refractivity contribution in [2.45, 2.75) is 57.0 Å². The predicted molar refractivity (Wildman–Crippen MR) is 142 cm³/mol. The van der Waals surface area contributed by atoms with Gasteiger partial charge in [0.05, 0.1) is 34.3 Å². The van der Waals surface area contributed by atoms with Gasteiger partial charge in [0.25, 0.3) is 5.91 Å². The van der Waals surface area contributed by atoms with Crippen LogP contribution in [0.3, 0.4) is 0 Å². The summed E-state index contributed by atoms with van der Waals surface area (Å²) in [5.41, 5.74) is 0.679. The van der Waals surface area contributed by atoms with Gasteiger partial charge < -0.3 is 20.5 Å². The number of rotatable bonds is 4. The summed E-state index contributed by atoms with van der Waals surface area (Å²) in [6.07, 6.45) is -1.91. The minimum atomic E-state index is -5.08. The van der Waals surface area contributed by atoms with Crippen molar-refractivity contribution in [2.75, 3.05) is 11.9 Å². The largest absolute Gasteiger partial charge is 0.490 e. The first kappa shape index (κ1) is 30.6. The van der Waals surface area contributed by atoms with E-state index in [-0.39, 0.29) is 35.5 Å². The Kier molecular flexibility index (Phi) is 8.68. The molecule has 2 fully saturated rings. The maximum Gasteiger partial charge on any atom is 0.490 e. The molecule has 42 heavy (non-hydrogen) atoms. The van der Waals surface area contributed by atoms with E-state index in [2.05, 4.69) is 26.2 Å². The summed E-state index contributed by atoms with van der Waals surface area (Å²) >= 11 is 6.75. The molecule has 0 bridgehead atoms. The van der Waals surface area contributed by atoms with Crippen molar-refractivity contribution >= 4 is 46.7 Å². The zero-order valence-corrected chi connectivity index (χ0v) is 23.0. The van der Waals surface area contributed by atoms with Crippen LogP contribution in [0, 0.1) is 5.41 Å². The summed E-state index contributed by atoms with van der Waals surface area (Å²) < 4.78 is 38.7. The molecule has 2 aliphatic heterocycles. The molecule has 2 aromatic heterocycles. The monoisotopic (exact) mass is 610 g/mol. The van der Waals surface area contributed by atoms with E-state index in [0.717, 1.165) is 0 Å². The minimum Gasteiger partial charge on any atom is -0.475 e. The number of hydrogen-bond acceptors (Lipinski definition) is 8. The molecule has 4 heterocycles. The number of aliphatic carboxylic acids is 1. The fourth-order valence-electron chi connectivity index (χ4n) is 4.82. The Labute approximate surface area is 241 Å². The average Bonchev–Trinajstić information content (AvgIpc) is 3.38. The van der Waals surface area contributed by atoms with Gasteiger partial charge >= 0.3 is 12.1 Å². The predicted octanol–water partition coefficient (Wildman–Crippen LogP) is 3.20. The fourth-order valence-corrected chi connectivity index (χ4v) is 5.21. The third-order valence-electron chi connectivity index (χ3n) is 6.78. The number of carboxylic acid groups (broad SMARTS) is 1. The molecule has 4 N–H and O–H groups in total. The van der Waals surface area contributed by atoms with Crippen LogP contribution in [0.5, 0.6) is 0 Å². The van der Waals surface area contributed by atoms with Crippen LogP contribution >= 0.6 is 11.6 Å². The highest BCUT2D eigenvalue weighted by atomic mass is 35.5. The number of alkyl halides is 3. The first-order valence-electron chi connectivity index (χ1n) is 12.6. The van der Waals surface area contributed by atoms with Gasteiger partial charge in [0, 0.05) is 18.8 Å². The number of nitrogens with zero attached hydrogens (tertiary/aromatic N) is 5. The lowest BCUT2D eigenvalue weighted by molar-refractivity contribution is -0.192. The van der Waals surface area contributed by atoms with Crippen LogP contribution in [-0.4, -0.2) is 78.7 Å². The number of amides is 2. The van der Waals surface area contributed by atoms with Crippen molar-refractivity contribution in [1.29, 1.82) is 5.41 Å². The van der Waals surface area contributed by atoms with Crippen LogP contribution in [0.15, 0.2) is 36.5 Å². The number of guanidine groups is 1. The number of carbonyl (C=O) groups is 3. The van der Waals surface area contributed by atoms with Crippen LogP contribution in [0.2, 0.25) is 5.02 Å². The topological polar surface area (TPSA) is 175 Å². The average molecular weight is 611 g/mol. The van der Waals surface area contributed by atoms with Crippen molar-refractivity contribution in [1.82, 2.24) is 30.3 Å². The number of benzene rings is 1. The number of nitrogens with one attached hydrogen (secondary N) is 3. The van der Waals surface area contributed by atoms with Gasteiger partial charge in [-0.3, -0.25) is 19.9 Å². The Morgan fingerprint density at radius 1 is 1.29 bits per heavy atom. The second-order valence-electron chi connectivity index (χ2n) is 9.90. The summed E-state index contributed by atoms with van der Waals surface area (Å²) in [6, 6.07) is 8.44. The molecular formula is C25H26ClF3N8O5. The standard InChI is InChI=1S/C23H25ClN8O3.C2HF3O2/c1-13-11-14(8-10-35-13)32-18(33)12-23(2,27-22(32)25)16-6-3-7-17(19(16)24)26-21(34)15-5-4-9-31-20(15)28-29-30-31;3-2(4,5)1(6)7/h3-7,9,13-14H,8,10-12H2,1-2H3,(H2,25,27)(H,26,34);(H,6,7)/t13-,14-,23+;/m1./s1. The Morgan fingerprint density at radius 2 is 2.00 bits per heavy atom. The van der Waals surface area contributed by atoms with Gasteiger partial charge in [-0.1, -0.05) is 23.7 Å². The van der Waals surface area contributed by atoms with Crippen molar-refractivity contribution < 1.29 is 37.4 Å². The Morgan fingerprint density at radius 3 is 2.64 bits per heavy atom. The molecule has 2 saturated heterocycles. The smallest absolute Gasteiger partial charge is 0.475 e. The van der Waals surface area contributed by atoms with Crippen molar-refractivity contribution in [2.24, 2.45) is 0 Å². The number of fused-ring (bicyclic) bond motifs is 1. The number of anilines is 1. The van der Waals surface area contributed by atoms with Gasteiger partial charge in [-0.15, -0.1) is 5.10 Å². The van der Waals surface area contributed by atoms with E-state index in [0.29, 0.717) is 41.9 Å². The minimum absolute atomic E-state index is 0.0387. The highest BCUT2D eigenvalue weighted by molar-refractivity contribution is 6.35. The van der Waals surface area contributed by atoms with Crippen LogP contribution in [0.1, 0.15) is 49.0 Å². The molecule has 224 valence electrons. The summed E-state index contributed by atoms with van der Waals surface area (Å²) in [6.45, 7) is 4.37. The summed E-state index contributed by atoms with van der Waals surface area (Å²) in [5, 5.41) is 33.3. The van der Waals surface area contributed by atoms with E-state index in [1.165, 1.54) is 9.42 Å². The Hall–Kier alpha value is -4.31. The number of carbonyl (C=O) groups excluding carboxylic acids is 2. The van der Waals surface area contributed by atoms with E-state index in [1.54, 1.807) is 36.5 Å². The molecule has 3 atom stereocenters. The summed E-state index contributed by atoms with van der Waals surface area (Å²) in [4.78, 5) is 36.7. The van der Waals surface area contributed by atoms with Crippen molar-refractivity contribution in [3.8, 4) is 0 Å². The van der Waals surface area contributed by atoms with Gasteiger partial charge in [-0.05, 0) is 60.9 Å².